The molecule has 0 amide bonds. The summed E-state index contributed by atoms with van der Waals surface area (Å²) in [7, 11) is 1.44. The van der Waals surface area contributed by atoms with Crippen LogP contribution in [0.25, 0.3) is 0 Å². The summed E-state index contributed by atoms with van der Waals surface area (Å²) >= 11 is 3.23. The summed E-state index contributed by atoms with van der Waals surface area (Å²) in [5, 5.41) is 9.77. The number of ether oxygens (including phenoxy) is 1. The minimum atomic E-state index is -1.26. The molecule has 0 heterocycles. The van der Waals surface area contributed by atoms with Crippen LogP contribution in [0.15, 0.2) is 16.6 Å². The molecule has 0 aromatic heterocycles. The van der Waals surface area contributed by atoms with Gasteiger partial charge in [-0.3, -0.25) is 0 Å². The molecule has 0 atom stereocenters. The highest BCUT2D eigenvalue weighted by Crippen LogP contribution is 2.37. The van der Waals surface area contributed by atoms with Gasteiger partial charge in [-0.05, 0) is 41.9 Å². The first-order chi connectivity index (χ1) is 6.38. The van der Waals surface area contributed by atoms with Crippen LogP contribution in [0, 0.1) is 5.82 Å². The van der Waals surface area contributed by atoms with Crippen LogP contribution in [-0.4, -0.2) is 12.2 Å². The Morgan fingerprint density at radius 3 is 2.36 bits per heavy atom. The first-order valence-corrected chi connectivity index (χ1v) is 4.92. The molecule has 1 aromatic rings. The maximum absolute atomic E-state index is 13.5. The van der Waals surface area contributed by atoms with Crippen molar-refractivity contribution in [1.29, 1.82) is 0 Å². The maximum atomic E-state index is 13.5. The minimum absolute atomic E-state index is 0.161. The predicted molar refractivity (Wildman–Crippen MR) is 55.9 cm³/mol. The number of hydrogen-bond donors (Lipinski definition) is 1. The van der Waals surface area contributed by atoms with Crippen molar-refractivity contribution in [2.45, 2.75) is 19.4 Å². The van der Waals surface area contributed by atoms with Crippen LogP contribution in [0.2, 0.25) is 0 Å². The lowest BCUT2D eigenvalue weighted by Gasteiger charge is -2.22. The summed E-state index contributed by atoms with van der Waals surface area (Å²) in [6.45, 7) is 3.03. The van der Waals surface area contributed by atoms with E-state index in [4.69, 9.17) is 4.74 Å². The highest BCUT2D eigenvalue weighted by Gasteiger charge is 2.26. The standard InChI is InChI=1S/C10H12BrFO2/c1-10(2,13)8-7(12)5-4-6(11)9(8)14-3/h4-5,13H,1-3H3. The quantitative estimate of drug-likeness (QED) is 0.889. The SMILES string of the molecule is COc1c(Br)ccc(F)c1C(C)(C)O. The Bertz CT molecular complexity index is 345. The summed E-state index contributed by atoms with van der Waals surface area (Å²) < 4.78 is 19.1. The van der Waals surface area contributed by atoms with Gasteiger partial charge in [0, 0.05) is 0 Å². The first kappa shape index (κ1) is 11.5. The van der Waals surface area contributed by atoms with E-state index in [1.807, 2.05) is 0 Å². The summed E-state index contributed by atoms with van der Waals surface area (Å²) in [6.07, 6.45) is 0. The van der Waals surface area contributed by atoms with Crippen LogP contribution in [-0.2, 0) is 5.60 Å². The lowest BCUT2D eigenvalue weighted by molar-refractivity contribution is 0.0713. The highest BCUT2D eigenvalue weighted by atomic mass is 79.9. The Kier molecular flexibility index (Phi) is 3.17. The van der Waals surface area contributed by atoms with E-state index in [2.05, 4.69) is 15.9 Å². The van der Waals surface area contributed by atoms with Gasteiger partial charge in [0.2, 0.25) is 0 Å². The van der Waals surface area contributed by atoms with Gasteiger partial charge in [0.05, 0.1) is 22.7 Å². The molecule has 1 N–H and O–H groups in total. The molecule has 0 bridgehead atoms. The average Bonchev–Trinajstić information content (AvgIpc) is 2.06. The summed E-state index contributed by atoms with van der Waals surface area (Å²) in [6, 6.07) is 2.84. The van der Waals surface area contributed by atoms with Gasteiger partial charge in [-0.25, -0.2) is 4.39 Å². The maximum Gasteiger partial charge on any atom is 0.142 e. The molecule has 0 radical (unpaired) electrons. The number of rotatable bonds is 2. The van der Waals surface area contributed by atoms with E-state index in [0.29, 0.717) is 10.2 Å². The number of hydrogen-bond acceptors (Lipinski definition) is 2. The fourth-order valence-corrected chi connectivity index (χ4v) is 1.80. The van der Waals surface area contributed by atoms with Crippen LogP contribution in [0.1, 0.15) is 19.4 Å². The van der Waals surface area contributed by atoms with Crippen molar-refractivity contribution in [1.82, 2.24) is 0 Å². The van der Waals surface area contributed by atoms with E-state index in [9.17, 15) is 9.50 Å². The predicted octanol–water partition coefficient (Wildman–Crippen LogP) is 2.82. The van der Waals surface area contributed by atoms with Gasteiger partial charge < -0.3 is 9.84 Å². The van der Waals surface area contributed by atoms with E-state index in [1.54, 1.807) is 6.07 Å². The zero-order chi connectivity index (χ0) is 10.9. The van der Waals surface area contributed by atoms with Gasteiger partial charge >= 0.3 is 0 Å². The number of methoxy groups -OCH3 is 1. The van der Waals surface area contributed by atoms with Crippen molar-refractivity contribution >= 4 is 15.9 Å². The van der Waals surface area contributed by atoms with Crippen molar-refractivity contribution in [2.75, 3.05) is 7.11 Å². The summed E-state index contributed by atoms with van der Waals surface area (Å²) in [5.41, 5.74) is -1.10. The van der Waals surface area contributed by atoms with Crippen LogP contribution < -0.4 is 4.74 Å². The van der Waals surface area contributed by atoms with Crippen molar-refractivity contribution in [3.05, 3.63) is 28.0 Å². The van der Waals surface area contributed by atoms with Gasteiger partial charge in [-0.2, -0.15) is 0 Å². The van der Waals surface area contributed by atoms with E-state index in [1.165, 1.54) is 27.0 Å². The molecule has 78 valence electrons. The molecule has 1 rings (SSSR count). The first-order valence-electron chi connectivity index (χ1n) is 4.12. The monoisotopic (exact) mass is 262 g/mol. The molecule has 0 aliphatic heterocycles. The van der Waals surface area contributed by atoms with Gasteiger partial charge in [0.25, 0.3) is 0 Å². The lowest BCUT2D eigenvalue weighted by atomic mass is 9.97. The zero-order valence-electron chi connectivity index (χ0n) is 8.27. The molecule has 1 aromatic carbocycles. The fourth-order valence-electron chi connectivity index (χ4n) is 1.30. The van der Waals surface area contributed by atoms with Crippen LogP contribution in [0.3, 0.4) is 0 Å². The Morgan fingerprint density at radius 1 is 1.43 bits per heavy atom. The van der Waals surface area contributed by atoms with Gasteiger partial charge in [-0.15, -0.1) is 0 Å². The van der Waals surface area contributed by atoms with Crippen LogP contribution in [0.4, 0.5) is 4.39 Å². The van der Waals surface area contributed by atoms with E-state index < -0.39 is 11.4 Å². The van der Waals surface area contributed by atoms with E-state index in [0.717, 1.165) is 0 Å². The van der Waals surface area contributed by atoms with E-state index in [-0.39, 0.29) is 5.56 Å². The third-order valence-electron chi connectivity index (χ3n) is 1.87. The van der Waals surface area contributed by atoms with Crippen LogP contribution >= 0.6 is 15.9 Å². The minimum Gasteiger partial charge on any atom is -0.495 e. The van der Waals surface area contributed by atoms with Gasteiger partial charge in [0.15, 0.2) is 0 Å². The Balaban J connectivity index is 3.46. The fraction of sp³-hybridized carbons (Fsp3) is 0.400. The summed E-state index contributed by atoms with van der Waals surface area (Å²) in [4.78, 5) is 0. The molecule has 2 nitrogen and oxygen atoms in total. The number of halogens is 2. The molecular formula is C10H12BrFO2. The van der Waals surface area contributed by atoms with E-state index >= 15 is 0 Å². The smallest absolute Gasteiger partial charge is 0.142 e. The summed E-state index contributed by atoms with van der Waals surface area (Å²) in [5.74, 6) is -0.143. The number of benzene rings is 1. The second kappa shape index (κ2) is 3.87. The Morgan fingerprint density at radius 2 is 2.00 bits per heavy atom. The highest BCUT2D eigenvalue weighted by molar-refractivity contribution is 9.10. The molecule has 0 aliphatic carbocycles. The molecule has 0 spiro atoms. The molecule has 0 fully saturated rings. The molecular weight excluding hydrogens is 251 g/mol. The molecule has 14 heavy (non-hydrogen) atoms. The Hall–Kier alpha value is -0.610. The second-order valence-corrected chi connectivity index (χ2v) is 4.35. The normalized spacial score (nSPS) is 11.6. The Labute approximate surface area is 90.8 Å². The van der Waals surface area contributed by atoms with Gasteiger partial charge in [-0.1, -0.05) is 0 Å². The van der Waals surface area contributed by atoms with Crippen molar-refractivity contribution in [3.8, 4) is 5.75 Å². The zero-order valence-corrected chi connectivity index (χ0v) is 9.85. The third kappa shape index (κ3) is 2.07. The van der Waals surface area contributed by atoms with Crippen molar-refractivity contribution < 1.29 is 14.2 Å². The lowest BCUT2D eigenvalue weighted by Crippen LogP contribution is -2.19. The average molecular weight is 263 g/mol. The molecule has 0 aliphatic rings. The van der Waals surface area contributed by atoms with Crippen molar-refractivity contribution in [3.63, 3.8) is 0 Å². The molecule has 0 unspecified atom stereocenters. The molecule has 0 saturated heterocycles. The molecule has 4 heteroatoms. The second-order valence-electron chi connectivity index (χ2n) is 3.50. The van der Waals surface area contributed by atoms with Crippen molar-refractivity contribution in [2.24, 2.45) is 0 Å². The van der Waals surface area contributed by atoms with Gasteiger partial charge in [0.1, 0.15) is 11.6 Å². The largest absolute Gasteiger partial charge is 0.495 e. The van der Waals surface area contributed by atoms with Crippen LogP contribution in [0.5, 0.6) is 5.75 Å². The molecule has 0 saturated carbocycles. The topological polar surface area (TPSA) is 29.5 Å². The third-order valence-corrected chi connectivity index (χ3v) is 2.50. The number of aliphatic hydroxyl groups is 1.